The number of piperazine rings is 1. The number of benzene rings is 1. The van der Waals surface area contributed by atoms with Gasteiger partial charge in [-0.05, 0) is 24.3 Å². The SMILES string of the molecule is C[C@@H](COc1ccc(N2CCNCC2)cc1)CC(=O)O. The molecule has 0 saturated carbocycles. The molecule has 1 fully saturated rings. The van der Waals surface area contributed by atoms with E-state index in [0.717, 1.165) is 31.9 Å². The molecule has 1 aliphatic rings. The van der Waals surface area contributed by atoms with E-state index in [1.54, 1.807) is 0 Å². The highest BCUT2D eigenvalue weighted by atomic mass is 16.5. The van der Waals surface area contributed by atoms with Gasteiger partial charge < -0.3 is 20.1 Å². The highest BCUT2D eigenvalue weighted by Gasteiger charge is 2.11. The van der Waals surface area contributed by atoms with Crippen molar-refractivity contribution < 1.29 is 14.6 Å². The monoisotopic (exact) mass is 278 g/mol. The lowest BCUT2D eigenvalue weighted by molar-refractivity contribution is -0.138. The quantitative estimate of drug-likeness (QED) is 0.827. The van der Waals surface area contributed by atoms with Gasteiger partial charge in [0.15, 0.2) is 0 Å². The molecule has 1 atom stereocenters. The Morgan fingerprint density at radius 2 is 2.00 bits per heavy atom. The molecule has 0 aliphatic carbocycles. The van der Waals surface area contributed by atoms with Gasteiger partial charge in [-0.3, -0.25) is 4.79 Å². The predicted molar refractivity (Wildman–Crippen MR) is 78.4 cm³/mol. The van der Waals surface area contributed by atoms with Crippen molar-refractivity contribution in [2.24, 2.45) is 5.92 Å². The van der Waals surface area contributed by atoms with Gasteiger partial charge in [0.2, 0.25) is 0 Å². The molecular formula is C15H22N2O3. The molecule has 5 nitrogen and oxygen atoms in total. The molecule has 2 N–H and O–H groups in total. The number of anilines is 1. The van der Waals surface area contributed by atoms with Crippen molar-refractivity contribution in [3.05, 3.63) is 24.3 Å². The largest absolute Gasteiger partial charge is 0.493 e. The maximum Gasteiger partial charge on any atom is 0.303 e. The molecule has 1 aromatic carbocycles. The number of carboxylic acids is 1. The molecule has 0 unspecified atom stereocenters. The van der Waals surface area contributed by atoms with Gasteiger partial charge in [-0.25, -0.2) is 0 Å². The van der Waals surface area contributed by atoms with Crippen molar-refractivity contribution in [3.8, 4) is 5.75 Å². The smallest absolute Gasteiger partial charge is 0.303 e. The van der Waals surface area contributed by atoms with Crippen LogP contribution >= 0.6 is 0 Å². The van der Waals surface area contributed by atoms with Crippen LogP contribution in [0.25, 0.3) is 0 Å². The number of ether oxygens (including phenoxy) is 1. The Morgan fingerprint density at radius 3 is 2.60 bits per heavy atom. The molecule has 1 heterocycles. The first-order valence-electron chi connectivity index (χ1n) is 7.05. The van der Waals surface area contributed by atoms with Gasteiger partial charge in [-0.15, -0.1) is 0 Å². The van der Waals surface area contributed by atoms with E-state index in [1.165, 1.54) is 5.69 Å². The zero-order chi connectivity index (χ0) is 14.4. The summed E-state index contributed by atoms with van der Waals surface area (Å²) in [7, 11) is 0. The minimum atomic E-state index is -0.782. The average molecular weight is 278 g/mol. The van der Waals surface area contributed by atoms with E-state index in [9.17, 15) is 4.79 Å². The molecule has 0 spiro atoms. The first-order chi connectivity index (χ1) is 9.65. The Kier molecular flexibility index (Phi) is 5.24. The predicted octanol–water partition coefficient (Wildman–Crippen LogP) is 1.59. The van der Waals surface area contributed by atoms with Crippen LogP contribution in [0.4, 0.5) is 5.69 Å². The van der Waals surface area contributed by atoms with Gasteiger partial charge in [0, 0.05) is 37.8 Å². The number of nitrogens with one attached hydrogen (secondary N) is 1. The van der Waals surface area contributed by atoms with Crippen molar-refractivity contribution in [2.45, 2.75) is 13.3 Å². The van der Waals surface area contributed by atoms with Crippen molar-refractivity contribution in [3.63, 3.8) is 0 Å². The average Bonchev–Trinajstić information content (AvgIpc) is 2.46. The zero-order valence-electron chi connectivity index (χ0n) is 11.8. The van der Waals surface area contributed by atoms with E-state index in [2.05, 4.69) is 22.3 Å². The van der Waals surface area contributed by atoms with E-state index in [4.69, 9.17) is 9.84 Å². The van der Waals surface area contributed by atoms with Crippen LogP contribution in [0.2, 0.25) is 0 Å². The normalized spacial score (nSPS) is 16.8. The van der Waals surface area contributed by atoms with Crippen LogP contribution in [0.1, 0.15) is 13.3 Å². The number of hydrogen-bond acceptors (Lipinski definition) is 4. The van der Waals surface area contributed by atoms with Crippen molar-refractivity contribution in [2.75, 3.05) is 37.7 Å². The third-order valence-corrected chi connectivity index (χ3v) is 3.38. The molecule has 0 aromatic heterocycles. The van der Waals surface area contributed by atoms with Gasteiger partial charge in [-0.1, -0.05) is 6.92 Å². The van der Waals surface area contributed by atoms with E-state index in [0.29, 0.717) is 6.61 Å². The third kappa shape index (κ3) is 4.42. The van der Waals surface area contributed by atoms with Crippen molar-refractivity contribution in [1.82, 2.24) is 5.32 Å². The van der Waals surface area contributed by atoms with Crippen LogP contribution in [0, 0.1) is 5.92 Å². The topological polar surface area (TPSA) is 61.8 Å². The summed E-state index contributed by atoms with van der Waals surface area (Å²) in [6, 6.07) is 8.01. The molecular weight excluding hydrogens is 256 g/mol. The number of aliphatic carboxylic acids is 1. The van der Waals surface area contributed by atoms with Gasteiger partial charge in [-0.2, -0.15) is 0 Å². The molecule has 0 radical (unpaired) electrons. The summed E-state index contributed by atoms with van der Waals surface area (Å²) in [6.45, 7) is 6.39. The number of rotatable bonds is 6. The van der Waals surface area contributed by atoms with E-state index in [-0.39, 0.29) is 12.3 Å². The lowest BCUT2D eigenvalue weighted by Gasteiger charge is -2.29. The summed E-state index contributed by atoms with van der Waals surface area (Å²) in [5.41, 5.74) is 1.21. The number of carboxylic acid groups (broad SMARTS) is 1. The minimum absolute atomic E-state index is 0.0142. The molecule has 110 valence electrons. The van der Waals surface area contributed by atoms with E-state index < -0.39 is 5.97 Å². The first-order valence-corrected chi connectivity index (χ1v) is 7.05. The third-order valence-electron chi connectivity index (χ3n) is 3.38. The Morgan fingerprint density at radius 1 is 1.35 bits per heavy atom. The van der Waals surface area contributed by atoms with Crippen molar-refractivity contribution >= 4 is 11.7 Å². The standard InChI is InChI=1S/C15H22N2O3/c1-12(10-15(18)19)11-20-14-4-2-13(3-5-14)17-8-6-16-7-9-17/h2-5,12,16H,6-11H2,1H3,(H,18,19)/t12-/m1/s1. The zero-order valence-corrected chi connectivity index (χ0v) is 11.8. The number of nitrogens with zero attached hydrogens (tertiary/aromatic N) is 1. The molecule has 20 heavy (non-hydrogen) atoms. The Bertz CT molecular complexity index is 427. The maximum atomic E-state index is 10.6. The lowest BCUT2D eigenvalue weighted by Crippen LogP contribution is -2.43. The first kappa shape index (κ1) is 14.7. The Balaban J connectivity index is 1.83. The number of hydrogen-bond donors (Lipinski definition) is 2. The highest BCUT2D eigenvalue weighted by molar-refractivity contribution is 5.66. The molecule has 5 heteroatoms. The summed E-state index contributed by atoms with van der Waals surface area (Å²) in [6.07, 6.45) is 0.138. The summed E-state index contributed by atoms with van der Waals surface area (Å²) in [4.78, 5) is 12.9. The Labute approximate surface area is 119 Å². The fourth-order valence-corrected chi connectivity index (χ4v) is 2.27. The number of carbonyl (C=O) groups is 1. The molecule has 1 aromatic rings. The summed E-state index contributed by atoms with van der Waals surface area (Å²) >= 11 is 0. The lowest BCUT2D eigenvalue weighted by atomic mass is 10.1. The summed E-state index contributed by atoms with van der Waals surface area (Å²) in [5.74, 6) is 0.0247. The second-order valence-electron chi connectivity index (χ2n) is 5.24. The van der Waals surface area contributed by atoms with E-state index in [1.807, 2.05) is 19.1 Å². The minimum Gasteiger partial charge on any atom is -0.493 e. The van der Waals surface area contributed by atoms with Gasteiger partial charge in [0.05, 0.1) is 13.0 Å². The molecule has 0 bridgehead atoms. The second-order valence-corrected chi connectivity index (χ2v) is 5.24. The van der Waals surface area contributed by atoms with Gasteiger partial charge in [0.25, 0.3) is 0 Å². The van der Waals surface area contributed by atoms with Crippen LogP contribution in [-0.2, 0) is 4.79 Å². The second kappa shape index (κ2) is 7.14. The highest BCUT2D eigenvalue weighted by Crippen LogP contribution is 2.20. The molecule has 0 amide bonds. The molecule has 1 saturated heterocycles. The van der Waals surface area contributed by atoms with Crippen LogP contribution in [0.15, 0.2) is 24.3 Å². The molecule has 1 aliphatic heterocycles. The van der Waals surface area contributed by atoms with Crippen LogP contribution in [-0.4, -0.2) is 43.9 Å². The van der Waals surface area contributed by atoms with Gasteiger partial charge in [0.1, 0.15) is 5.75 Å². The Hall–Kier alpha value is -1.75. The summed E-state index contributed by atoms with van der Waals surface area (Å²) in [5, 5.41) is 12.0. The van der Waals surface area contributed by atoms with Gasteiger partial charge >= 0.3 is 5.97 Å². The fourth-order valence-electron chi connectivity index (χ4n) is 2.27. The van der Waals surface area contributed by atoms with E-state index >= 15 is 0 Å². The fraction of sp³-hybridized carbons (Fsp3) is 0.533. The van der Waals surface area contributed by atoms with Crippen LogP contribution in [0.3, 0.4) is 0 Å². The summed E-state index contributed by atoms with van der Waals surface area (Å²) < 4.78 is 5.62. The van der Waals surface area contributed by atoms with Crippen LogP contribution < -0.4 is 15.0 Å². The molecule has 2 rings (SSSR count). The van der Waals surface area contributed by atoms with Crippen LogP contribution in [0.5, 0.6) is 5.75 Å². The maximum absolute atomic E-state index is 10.6. The van der Waals surface area contributed by atoms with Crippen molar-refractivity contribution in [1.29, 1.82) is 0 Å².